The number of nitrogens with one attached hydrogen (secondary N) is 2. The number of likely N-dealkylation sites (tertiary alicyclic amines) is 1. The molecule has 0 radical (unpaired) electrons. The summed E-state index contributed by atoms with van der Waals surface area (Å²) in [5, 5.41) is 3.12. The van der Waals surface area contributed by atoms with Crippen LogP contribution >= 0.6 is 0 Å². The number of piperidine rings is 1. The van der Waals surface area contributed by atoms with Crippen molar-refractivity contribution in [2.45, 2.75) is 57.3 Å². The Hall–Kier alpha value is -6.22. The second-order valence-electron chi connectivity index (χ2n) is 14.9. The molecule has 4 aromatic carbocycles. The number of ether oxygens (including phenoxy) is 3. The number of aromatic nitrogens is 4. The second kappa shape index (κ2) is 18.0. The first kappa shape index (κ1) is 41.9. The molecule has 2 aromatic heterocycles. The highest BCUT2D eigenvalue weighted by molar-refractivity contribution is 6.15. The van der Waals surface area contributed by atoms with E-state index in [0.29, 0.717) is 60.8 Å². The number of carbonyl (C=O) groups is 3. The van der Waals surface area contributed by atoms with E-state index in [2.05, 4.69) is 44.2 Å². The number of para-hydroxylation sites is 3. The van der Waals surface area contributed by atoms with Crippen LogP contribution in [-0.4, -0.2) is 95.1 Å². The summed E-state index contributed by atoms with van der Waals surface area (Å²) in [5.74, 6) is -0.583. The molecule has 1 saturated heterocycles. The Morgan fingerprint density at radius 2 is 1.57 bits per heavy atom. The van der Waals surface area contributed by atoms with Gasteiger partial charge in [0.25, 0.3) is 5.91 Å². The smallest absolute Gasteiger partial charge is 0.406 e. The SMILES string of the molecule is CCC(CC(CNC(=O)c1cc(OC)c(OC)c(OC)c1)c1ccccc1)N1CCC(C(=O)c2nc3c(C(=O)c4nc5ccccc5n4CC(F)(F)F)cccc3[nH]2)CC1. The van der Waals surface area contributed by atoms with Crippen molar-refractivity contribution in [3.8, 4) is 17.2 Å². The molecule has 1 aliphatic rings. The first-order chi connectivity index (χ1) is 28.9. The lowest BCUT2D eigenvalue weighted by atomic mass is 9.87. The Bertz CT molecular complexity index is 2470. The number of H-pyrrole nitrogens is 1. The number of benzene rings is 4. The van der Waals surface area contributed by atoms with E-state index in [0.717, 1.165) is 23.0 Å². The van der Waals surface area contributed by atoms with Gasteiger partial charge in [0.05, 0.1) is 43.4 Å². The van der Waals surface area contributed by atoms with E-state index in [-0.39, 0.29) is 63.3 Å². The van der Waals surface area contributed by atoms with Crippen molar-refractivity contribution < 1.29 is 41.8 Å². The highest BCUT2D eigenvalue weighted by Gasteiger charge is 2.34. The summed E-state index contributed by atoms with van der Waals surface area (Å²) in [6.45, 7) is 2.50. The zero-order valence-corrected chi connectivity index (χ0v) is 33.8. The fraction of sp³-hybridized carbons (Fsp3) is 0.356. The molecule has 0 spiro atoms. The highest BCUT2D eigenvalue weighted by atomic mass is 19.4. The van der Waals surface area contributed by atoms with Crippen molar-refractivity contribution in [2.24, 2.45) is 5.92 Å². The lowest BCUT2D eigenvalue weighted by molar-refractivity contribution is -0.140. The van der Waals surface area contributed by atoms with Gasteiger partial charge in [0.2, 0.25) is 17.3 Å². The maximum absolute atomic E-state index is 13.9. The van der Waals surface area contributed by atoms with Crippen molar-refractivity contribution in [1.82, 2.24) is 29.7 Å². The molecule has 1 amide bonds. The van der Waals surface area contributed by atoms with E-state index in [4.69, 9.17) is 14.2 Å². The van der Waals surface area contributed by atoms with Crippen molar-refractivity contribution in [3.63, 3.8) is 0 Å². The predicted molar refractivity (Wildman–Crippen MR) is 220 cm³/mol. The van der Waals surface area contributed by atoms with Gasteiger partial charge < -0.3 is 34.0 Å². The maximum Gasteiger partial charge on any atom is 0.406 e. The molecular formula is C45H47F3N6O6. The van der Waals surface area contributed by atoms with Crippen LogP contribution in [0.2, 0.25) is 0 Å². The zero-order chi connectivity index (χ0) is 42.6. The number of fused-ring (bicyclic) bond motifs is 2. The third-order valence-corrected chi connectivity index (χ3v) is 11.3. The van der Waals surface area contributed by atoms with Crippen molar-refractivity contribution in [2.75, 3.05) is 41.0 Å². The molecule has 1 fully saturated rings. The van der Waals surface area contributed by atoms with Crippen LogP contribution in [0.1, 0.15) is 81.2 Å². The van der Waals surface area contributed by atoms with Crippen LogP contribution in [-0.2, 0) is 6.54 Å². The van der Waals surface area contributed by atoms with Crippen LogP contribution in [0.15, 0.2) is 84.9 Å². The molecular weight excluding hydrogens is 778 g/mol. The molecule has 314 valence electrons. The molecule has 2 N–H and O–H groups in total. The summed E-state index contributed by atoms with van der Waals surface area (Å²) in [6, 6.07) is 24.6. The first-order valence-corrected chi connectivity index (χ1v) is 19.9. The van der Waals surface area contributed by atoms with E-state index >= 15 is 0 Å². The van der Waals surface area contributed by atoms with Crippen LogP contribution in [0.3, 0.4) is 0 Å². The lowest BCUT2D eigenvalue weighted by Crippen LogP contribution is -2.44. The summed E-state index contributed by atoms with van der Waals surface area (Å²) in [6.07, 6.45) is -1.78. The zero-order valence-electron chi connectivity index (χ0n) is 33.8. The number of carbonyl (C=O) groups excluding carboxylic acids is 3. The Morgan fingerprint density at radius 3 is 2.22 bits per heavy atom. The first-order valence-electron chi connectivity index (χ1n) is 19.9. The number of imidazole rings is 2. The van der Waals surface area contributed by atoms with Gasteiger partial charge in [0.15, 0.2) is 23.1 Å². The normalized spacial score (nSPS) is 14.8. The van der Waals surface area contributed by atoms with Gasteiger partial charge in [0, 0.05) is 30.0 Å². The number of rotatable bonds is 16. The van der Waals surface area contributed by atoms with E-state index in [1.54, 1.807) is 42.5 Å². The molecule has 6 aromatic rings. The summed E-state index contributed by atoms with van der Waals surface area (Å²) in [7, 11) is 4.51. The monoisotopic (exact) mass is 824 g/mol. The number of alkyl halides is 3. The summed E-state index contributed by atoms with van der Waals surface area (Å²) in [5.41, 5.74) is 2.61. The molecule has 1 aliphatic heterocycles. The summed E-state index contributed by atoms with van der Waals surface area (Å²) < 4.78 is 58.2. The van der Waals surface area contributed by atoms with E-state index in [1.165, 1.54) is 33.5 Å². The predicted octanol–water partition coefficient (Wildman–Crippen LogP) is 8.01. The number of hydrogen-bond donors (Lipinski definition) is 2. The van der Waals surface area contributed by atoms with Gasteiger partial charge in [-0.3, -0.25) is 14.4 Å². The van der Waals surface area contributed by atoms with Gasteiger partial charge in [0.1, 0.15) is 12.1 Å². The van der Waals surface area contributed by atoms with Crippen LogP contribution in [0.25, 0.3) is 22.1 Å². The Morgan fingerprint density at radius 1 is 0.883 bits per heavy atom. The minimum atomic E-state index is -4.59. The van der Waals surface area contributed by atoms with Crippen molar-refractivity contribution >= 4 is 39.5 Å². The maximum atomic E-state index is 13.9. The molecule has 15 heteroatoms. The van der Waals surface area contributed by atoms with E-state index in [1.807, 2.05) is 18.2 Å². The van der Waals surface area contributed by atoms with Crippen molar-refractivity contribution in [1.29, 1.82) is 0 Å². The number of Topliss-reactive ketones (excluding diaryl/α,β-unsaturated/α-hetero) is 1. The van der Waals surface area contributed by atoms with E-state index < -0.39 is 18.5 Å². The molecule has 60 heavy (non-hydrogen) atoms. The molecule has 0 saturated carbocycles. The average Bonchev–Trinajstić information content (AvgIpc) is 3.87. The van der Waals surface area contributed by atoms with Gasteiger partial charge in [-0.1, -0.05) is 55.5 Å². The van der Waals surface area contributed by atoms with Crippen LogP contribution < -0.4 is 19.5 Å². The Balaban J connectivity index is 1.03. The molecule has 2 atom stereocenters. The third-order valence-electron chi connectivity index (χ3n) is 11.3. The second-order valence-corrected chi connectivity index (χ2v) is 14.9. The summed E-state index contributed by atoms with van der Waals surface area (Å²) >= 11 is 0. The van der Waals surface area contributed by atoms with Crippen LogP contribution in [0.4, 0.5) is 13.2 Å². The minimum Gasteiger partial charge on any atom is -0.493 e. The number of halogens is 3. The molecule has 7 rings (SSSR count). The van der Waals surface area contributed by atoms with Crippen molar-refractivity contribution in [3.05, 3.63) is 113 Å². The van der Waals surface area contributed by atoms with Gasteiger partial charge in [-0.15, -0.1) is 0 Å². The molecule has 0 bridgehead atoms. The molecule has 3 heterocycles. The molecule has 2 unspecified atom stereocenters. The molecule has 12 nitrogen and oxygen atoms in total. The summed E-state index contributed by atoms with van der Waals surface area (Å²) in [4.78, 5) is 55.6. The number of amides is 1. The number of nitrogens with zero attached hydrogens (tertiary/aromatic N) is 4. The fourth-order valence-corrected chi connectivity index (χ4v) is 8.26. The van der Waals surface area contributed by atoms with Crippen LogP contribution in [0, 0.1) is 5.92 Å². The van der Waals surface area contributed by atoms with Gasteiger partial charge in [-0.2, -0.15) is 13.2 Å². The fourth-order valence-electron chi connectivity index (χ4n) is 8.26. The Labute approximate surface area is 345 Å². The number of ketones is 2. The topological polar surface area (TPSA) is 141 Å². The lowest BCUT2D eigenvalue weighted by Gasteiger charge is -2.38. The van der Waals surface area contributed by atoms with E-state index in [9.17, 15) is 27.6 Å². The number of methoxy groups -OCH3 is 3. The van der Waals surface area contributed by atoms with Gasteiger partial charge >= 0.3 is 6.18 Å². The number of hydrogen-bond acceptors (Lipinski definition) is 9. The van der Waals surface area contributed by atoms with Gasteiger partial charge in [-0.25, -0.2) is 9.97 Å². The molecule has 0 aliphatic carbocycles. The number of aromatic amines is 1. The average molecular weight is 825 g/mol. The third kappa shape index (κ3) is 8.86. The highest BCUT2D eigenvalue weighted by Crippen LogP contribution is 2.38. The largest absolute Gasteiger partial charge is 0.493 e. The minimum absolute atomic E-state index is 0.00106. The Kier molecular flexibility index (Phi) is 12.5. The van der Waals surface area contributed by atoms with Crippen LogP contribution in [0.5, 0.6) is 17.2 Å². The van der Waals surface area contributed by atoms with Gasteiger partial charge in [-0.05, 0) is 80.7 Å². The quantitative estimate of drug-likeness (QED) is 0.0930. The standard InChI is InChI=1S/C45H47F3N6O6/c1-5-31(22-30(27-12-7-6-8-13-27)25-49-44(57)29-23-36(58-2)41(60-4)37(24-29)59-3)53-20-18-28(19-21-53)39(55)42-50-34-16-11-14-32(38(34)52-42)40(56)43-51-33-15-9-10-17-35(33)54(43)26-45(46,47)48/h6-17,23-24,28,30-31H,5,18-22,25-26H2,1-4H3,(H,49,57)(H,50,52).